The molecule has 3 heteroatoms. The molecule has 1 aliphatic carbocycles. The predicted octanol–water partition coefficient (Wildman–Crippen LogP) is 1.26. The quantitative estimate of drug-likeness (QED) is 0.788. The van der Waals surface area contributed by atoms with E-state index in [-0.39, 0.29) is 0 Å². The van der Waals surface area contributed by atoms with Crippen molar-refractivity contribution in [2.24, 2.45) is 5.92 Å². The number of rotatable bonds is 2. The maximum Gasteiger partial charge on any atom is 0.0773 e. The highest BCUT2D eigenvalue weighted by Gasteiger charge is 2.38. The van der Waals surface area contributed by atoms with Gasteiger partial charge in [-0.3, -0.25) is 0 Å². The summed E-state index contributed by atoms with van der Waals surface area (Å²) in [5.74, 6) is 0.690. The van der Waals surface area contributed by atoms with Gasteiger partial charge in [0.2, 0.25) is 0 Å². The van der Waals surface area contributed by atoms with Gasteiger partial charge in [-0.2, -0.15) is 0 Å². The van der Waals surface area contributed by atoms with Crippen molar-refractivity contribution in [2.45, 2.75) is 31.5 Å². The van der Waals surface area contributed by atoms with Crippen molar-refractivity contribution in [3.63, 3.8) is 0 Å². The third-order valence-corrected chi connectivity index (χ3v) is 3.64. The maximum atomic E-state index is 5.89. The van der Waals surface area contributed by atoms with E-state index in [9.17, 15) is 0 Å². The molecule has 1 aliphatic heterocycles. The van der Waals surface area contributed by atoms with Crippen LogP contribution in [0.4, 0.5) is 0 Å². The van der Waals surface area contributed by atoms with Gasteiger partial charge in [0.1, 0.15) is 0 Å². The zero-order chi connectivity index (χ0) is 10.1. The SMILES string of the molecule is c1ccn(C[C@@H]2CC[C@@H]3NCCO[C@@H]23)c1. The van der Waals surface area contributed by atoms with Crippen LogP contribution < -0.4 is 5.32 Å². The zero-order valence-corrected chi connectivity index (χ0v) is 8.93. The number of hydrogen-bond donors (Lipinski definition) is 1. The van der Waals surface area contributed by atoms with Crippen LogP contribution >= 0.6 is 0 Å². The Bertz CT molecular complexity index is 309. The van der Waals surface area contributed by atoms with Crippen molar-refractivity contribution in [1.29, 1.82) is 0 Å². The molecule has 1 saturated carbocycles. The standard InChI is InChI=1S/C12H18N2O/c1-2-7-14(6-1)9-10-3-4-11-12(10)15-8-5-13-11/h1-2,6-7,10-13H,3-5,8-9H2/t10-,11-,12-/m0/s1. The summed E-state index contributed by atoms with van der Waals surface area (Å²) in [6.45, 7) is 3.01. The van der Waals surface area contributed by atoms with E-state index in [1.807, 2.05) is 0 Å². The predicted molar refractivity (Wildman–Crippen MR) is 58.7 cm³/mol. The van der Waals surface area contributed by atoms with Crippen LogP contribution in [0.1, 0.15) is 12.8 Å². The molecule has 15 heavy (non-hydrogen) atoms. The summed E-state index contributed by atoms with van der Waals surface area (Å²) in [7, 11) is 0. The lowest BCUT2D eigenvalue weighted by molar-refractivity contribution is -0.0179. The minimum atomic E-state index is 0.446. The molecule has 2 aliphatic rings. The molecule has 1 N–H and O–H groups in total. The molecule has 0 unspecified atom stereocenters. The van der Waals surface area contributed by atoms with Gasteiger partial charge in [-0.05, 0) is 25.0 Å². The van der Waals surface area contributed by atoms with Crippen LogP contribution in [0.25, 0.3) is 0 Å². The number of nitrogens with zero attached hydrogens (tertiary/aromatic N) is 1. The molecule has 82 valence electrons. The van der Waals surface area contributed by atoms with Gasteiger partial charge in [0.15, 0.2) is 0 Å². The number of morpholine rings is 1. The molecule has 0 spiro atoms. The van der Waals surface area contributed by atoms with E-state index in [4.69, 9.17) is 4.74 Å². The molecule has 2 heterocycles. The van der Waals surface area contributed by atoms with E-state index in [0.717, 1.165) is 19.7 Å². The highest BCUT2D eigenvalue weighted by Crippen LogP contribution is 2.31. The van der Waals surface area contributed by atoms with Crippen molar-refractivity contribution in [1.82, 2.24) is 9.88 Å². The molecule has 2 fully saturated rings. The van der Waals surface area contributed by atoms with Crippen LogP contribution in [0.15, 0.2) is 24.5 Å². The normalized spacial score (nSPS) is 35.3. The summed E-state index contributed by atoms with van der Waals surface area (Å²) in [5.41, 5.74) is 0. The topological polar surface area (TPSA) is 26.2 Å². The van der Waals surface area contributed by atoms with Crippen molar-refractivity contribution >= 4 is 0 Å². The van der Waals surface area contributed by atoms with Gasteiger partial charge in [0.25, 0.3) is 0 Å². The second kappa shape index (κ2) is 3.99. The van der Waals surface area contributed by atoms with Gasteiger partial charge in [0, 0.05) is 37.4 Å². The second-order valence-corrected chi connectivity index (χ2v) is 4.61. The number of hydrogen-bond acceptors (Lipinski definition) is 2. The minimum Gasteiger partial charge on any atom is -0.375 e. The Balaban J connectivity index is 1.67. The molecule has 3 atom stereocenters. The molecule has 1 aromatic rings. The molecular formula is C12H18N2O. The van der Waals surface area contributed by atoms with Crippen LogP contribution in [-0.2, 0) is 11.3 Å². The van der Waals surface area contributed by atoms with Crippen LogP contribution in [0.3, 0.4) is 0 Å². The molecule has 0 aromatic carbocycles. The molecule has 0 radical (unpaired) electrons. The minimum absolute atomic E-state index is 0.446. The number of aromatic nitrogens is 1. The average Bonchev–Trinajstić information content (AvgIpc) is 2.89. The maximum absolute atomic E-state index is 5.89. The van der Waals surface area contributed by atoms with Gasteiger partial charge in [-0.25, -0.2) is 0 Å². The molecule has 0 amide bonds. The van der Waals surface area contributed by atoms with Gasteiger partial charge >= 0.3 is 0 Å². The monoisotopic (exact) mass is 206 g/mol. The summed E-state index contributed by atoms with van der Waals surface area (Å²) in [6.07, 6.45) is 7.30. The first-order valence-corrected chi connectivity index (χ1v) is 5.89. The fourth-order valence-electron chi connectivity index (χ4n) is 2.92. The molecule has 1 aromatic heterocycles. The Morgan fingerprint density at radius 1 is 1.27 bits per heavy atom. The van der Waals surface area contributed by atoms with Gasteiger partial charge in [-0.15, -0.1) is 0 Å². The number of fused-ring (bicyclic) bond motifs is 1. The van der Waals surface area contributed by atoms with Crippen LogP contribution in [0.2, 0.25) is 0 Å². The molecule has 0 bridgehead atoms. The fourth-order valence-corrected chi connectivity index (χ4v) is 2.92. The highest BCUT2D eigenvalue weighted by atomic mass is 16.5. The van der Waals surface area contributed by atoms with Crippen molar-refractivity contribution in [2.75, 3.05) is 13.2 Å². The Labute approximate surface area is 90.4 Å². The highest BCUT2D eigenvalue weighted by molar-refractivity contribution is 4.96. The van der Waals surface area contributed by atoms with E-state index in [1.165, 1.54) is 12.8 Å². The van der Waals surface area contributed by atoms with E-state index < -0.39 is 0 Å². The zero-order valence-electron chi connectivity index (χ0n) is 8.93. The lowest BCUT2D eigenvalue weighted by Gasteiger charge is -2.30. The Morgan fingerprint density at radius 2 is 2.13 bits per heavy atom. The number of ether oxygens (including phenoxy) is 1. The summed E-state index contributed by atoms with van der Waals surface area (Å²) in [6, 6.07) is 4.79. The lowest BCUT2D eigenvalue weighted by Crippen LogP contribution is -2.47. The largest absolute Gasteiger partial charge is 0.375 e. The van der Waals surface area contributed by atoms with Crippen molar-refractivity contribution < 1.29 is 4.74 Å². The first-order chi connectivity index (χ1) is 7.43. The summed E-state index contributed by atoms with van der Waals surface area (Å²) in [5, 5.41) is 3.56. The van der Waals surface area contributed by atoms with Crippen LogP contribution in [0.5, 0.6) is 0 Å². The van der Waals surface area contributed by atoms with Gasteiger partial charge in [-0.1, -0.05) is 0 Å². The molecule has 3 nitrogen and oxygen atoms in total. The van der Waals surface area contributed by atoms with Gasteiger partial charge < -0.3 is 14.6 Å². The number of nitrogens with one attached hydrogen (secondary N) is 1. The first kappa shape index (κ1) is 9.43. The van der Waals surface area contributed by atoms with Crippen LogP contribution in [0, 0.1) is 5.92 Å². The third-order valence-electron chi connectivity index (χ3n) is 3.64. The summed E-state index contributed by atoms with van der Waals surface area (Å²) >= 11 is 0. The third kappa shape index (κ3) is 1.82. The second-order valence-electron chi connectivity index (χ2n) is 4.61. The Hall–Kier alpha value is -0.800. The van der Waals surface area contributed by atoms with E-state index in [2.05, 4.69) is 34.4 Å². The molecular weight excluding hydrogens is 188 g/mol. The lowest BCUT2D eigenvalue weighted by atomic mass is 10.0. The molecule has 3 rings (SSSR count). The van der Waals surface area contributed by atoms with Crippen molar-refractivity contribution in [3.05, 3.63) is 24.5 Å². The first-order valence-electron chi connectivity index (χ1n) is 5.89. The smallest absolute Gasteiger partial charge is 0.0773 e. The van der Waals surface area contributed by atoms with Crippen LogP contribution in [-0.4, -0.2) is 29.9 Å². The average molecular weight is 206 g/mol. The van der Waals surface area contributed by atoms with Crippen molar-refractivity contribution in [3.8, 4) is 0 Å². The summed E-state index contributed by atoms with van der Waals surface area (Å²) in [4.78, 5) is 0. The summed E-state index contributed by atoms with van der Waals surface area (Å²) < 4.78 is 8.16. The van der Waals surface area contributed by atoms with E-state index in [1.54, 1.807) is 0 Å². The van der Waals surface area contributed by atoms with E-state index >= 15 is 0 Å². The Kier molecular flexibility index (Phi) is 2.51. The van der Waals surface area contributed by atoms with Gasteiger partial charge in [0.05, 0.1) is 12.7 Å². The van der Waals surface area contributed by atoms with E-state index in [0.29, 0.717) is 18.1 Å². The molecule has 1 saturated heterocycles. The Morgan fingerprint density at radius 3 is 3.00 bits per heavy atom. The fraction of sp³-hybridized carbons (Fsp3) is 0.667.